The molecule has 0 saturated heterocycles. The van der Waals surface area contributed by atoms with Crippen molar-refractivity contribution in [2.75, 3.05) is 0 Å². The van der Waals surface area contributed by atoms with Crippen LogP contribution in [-0.4, -0.2) is 5.11 Å². The third-order valence-corrected chi connectivity index (χ3v) is 4.94. The first-order valence-electron chi connectivity index (χ1n) is 5.19. The predicted molar refractivity (Wildman–Crippen MR) is 82.0 cm³/mol. The Morgan fingerprint density at radius 2 is 1.11 bits per heavy atom. The molecule has 100 valence electrons. The van der Waals surface area contributed by atoms with Crippen LogP contribution in [0.15, 0.2) is 30.3 Å². The van der Waals surface area contributed by atoms with Crippen molar-refractivity contribution >= 4 is 58.0 Å². The van der Waals surface area contributed by atoms with Gasteiger partial charge in [0.05, 0.1) is 25.1 Å². The number of rotatable bonds is 2. The van der Waals surface area contributed by atoms with Crippen LogP contribution in [0.1, 0.15) is 17.2 Å². The molecule has 2 aromatic rings. The van der Waals surface area contributed by atoms with Crippen LogP contribution < -0.4 is 0 Å². The van der Waals surface area contributed by atoms with E-state index >= 15 is 0 Å². The van der Waals surface area contributed by atoms with E-state index in [0.717, 1.165) is 0 Å². The van der Waals surface area contributed by atoms with Crippen molar-refractivity contribution in [2.45, 2.75) is 6.10 Å². The number of aliphatic hydroxyl groups is 1. The Bertz CT molecular complexity index is 583. The molecule has 0 heterocycles. The Morgan fingerprint density at radius 1 is 0.684 bits per heavy atom. The number of hydrogen-bond acceptors (Lipinski definition) is 1. The van der Waals surface area contributed by atoms with Crippen molar-refractivity contribution in [3.8, 4) is 0 Å². The zero-order valence-corrected chi connectivity index (χ0v) is 13.1. The largest absolute Gasteiger partial charge is 0.384 e. The lowest BCUT2D eigenvalue weighted by atomic mass is 10.0. The number of aliphatic hydroxyl groups excluding tert-OH is 1. The van der Waals surface area contributed by atoms with Gasteiger partial charge in [0.15, 0.2) is 0 Å². The van der Waals surface area contributed by atoms with E-state index in [0.29, 0.717) is 5.56 Å². The van der Waals surface area contributed by atoms with Crippen molar-refractivity contribution in [3.05, 3.63) is 66.6 Å². The van der Waals surface area contributed by atoms with Crippen LogP contribution in [0.4, 0.5) is 0 Å². The van der Waals surface area contributed by atoms with Gasteiger partial charge in [0.25, 0.3) is 0 Å². The molecule has 0 bridgehead atoms. The highest BCUT2D eigenvalue weighted by Gasteiger charge is 2.24. The van der Waals surface area contributed by atoms with E-state index in [-0.39, 0.29) is 30.7 Å². The van der Waals surface area contributed by atoms with Crippen molar-refractivity contribution in [3.63, 3.8) is 0 Å². The van der Waals surface area contributed by atoms with Gasteiger partial charge >= 0.3 is 0 Å². The van der Waals surface area contributed by atoms with E-state index in [1.807, 2.05) is 6.07 Å². The van der Waals surface area contributed by atoms with Gasteiger partial charge in [-0.25, -0.2) is 0 Å². The normalized spacial score (nSPS) is 12.5. The summed E-state index contributed by atoms with van der Waals surface area (Å²) in [4.78, 5) is 0. The summed E-state index contributed by atoms with van der Waals surface area (Å²) in [5, 5.41) is 10.8. The lowest BCUT2D eigenvalue weighted by Crippen LogP contribution is -2.02. The molecule has 0 aliphatic carbocycles. The van der Waals surface area contributed by atoms with Crippen LogP contribution in [0.2, 0.25) is 25.1 Å². The summed E-state index contributed by atoms with van der Waals surface area (Å²) in [6.45, 7) is 0. The van der Waals surface area contributed by atoms with Crippen molar-refractivity contribution in [2.24, 2.45) is 0 Å². The Morgan fingerprint density at radius 3 is 1.58 bits per heavy atom. The summed E-state index contributed by atoms with van der Waals surface area (Å²) in [5.74, 6) is 0. The van der Waals surface area contributed by atoms with E-state index in [4.69, 9.17) is 58.0 Å². The number of benzene rings is 2. The topological polar surface area (TPSA) is 20.2 Å². The minimum atomic E-state index is -1.03. The van der Waals surface area contributed by atoms with Crippen molar-refractivity contribution < 1.29 is 5.11 Å². The summed E-state index contributed by atoms with van der Waals surface area (Å²) in [5.41, 5.74) is 0.870. The maximum Gasteiger partial charge on any atom is 0.107 e. The van der Waals surface area contributed by atoms with Gasteiger partial charge in [0.1, 0.15) is 6.10 Å². The van der Waals surface area contributed by atoms with E-state index in [1.165, 1.54) is 0 Å². The highest BCUT2D eigenvalue weighted by atomic mass is 35.5. The third kappa shape index (κ3) is 2.82. The molecule has 0 aliphatic heterocycles. The van der Waals surface area contributed by atoms with Crippen LogP contribution in [-0.2, 0) is 0 Å². The summed E-state index contributed by atoms with van der Waals surface area (Å²) < 4.78 is 0. The Balaban J connectivity index is 2.64. The molecule has 1 atom stereocenters. The molecular weight excluding hydrogens is 349 g/mol. The van der Waals surface area contributed by atoms with Crippen molar-refractivity contribution in [1.82, 2.24) is 0 Å². The maximum absolute atomic E-state index is 10.4. The third-order valence-electron chi connectivity index (χ3n) is 2.63. The molecule has 6 heteroatoms. The molecule has 1 N–H and O–H groups in total. The van der Waals surface area contributed by atoms with Gasteiger partial charge in [-0.3, -0.25) is 0 Å². The van der Waals surface area contributed by atoms with Gasteiger partial charge in [0, 0.05) is 5.56 Å². The summed E-state index contributed by atoms with van der Waals surface area (Å²) in [7, 11) is 0. The number of halogens is 5. The van der Waals surface area contributed by atoms with Crippen LogP contribution >= 0.6 is 58.0 Å². The Labute approximate surface area is 135 Å². The van der Waals surface area contributed by atoms with E-state index in [2.05, 4.69) is 0 Å². The molecule has 2 aromatic carbocycles. The summed E-state index contributed by atoms with van der Waals surface area (Å²) >= 11 is 30.0. The minimum Gasteiger partial charge on any atom is -0.384 e. The van der Waals surface area contributed by atoms with Crippen molar-refractivity contribution in [1.29, 1.82) is 0 Å². The molecule has 2 rings (SSSR count). The molecule has 1 nitrogen and oxygen atoms in total. The monoisotopic (exact) mass is 354 g/mol. The second-order valence-electron chi connectivity index (χ2n) is 3.80. The highest BCUT2D eigenvalue weighted by molar-refractivity contribution is 6.55. The van der Waals surface area contributed by atoms with Crippen LogP contribution in [0.3, 0.4) is 0 Å². The standard InChI is InChI=1S/C13H7Cl5O/c14-8-7(9(15)11(17)12(18)10(8)16)13(19)6-4-2-1-3-5-6/h1-5,13,19H/t13-/m0/s1. The quantitative estimate of drug-likeness (QED) is 0.514. The average Bonchev–Trinajstić information content (AvgIpc) is 2.44. The Hall–Kier alpha value is -0.150. The fraction of sp³-hybridized carbons (Fsp3) is 0.0769. The van der Waals surface area contributed by atoms with Crippen LogP contribution in [0, 0.1) is 0 Å². The zero-order chi connectivity index (χ0) is 14.2. The molecule has 0 aliphatic rings. The van der Waals surface area contributed by atoms with E-state index in [9.17, 15) is 5.11 Å². The van der Waals surface area contributed by atoms with Gasteiger partial charge in [-0.15, -0.1) is 0 Å². The molecule has 0 amide bonds. The molecular formula is C13H7Cl5O. The van der Waals surface area contributed by atoms with Gasteiger partial charge < -0.3 is 5.11 Å². The van der Waals surface area contributed by atoms with E-state index in [1.54, 1.807) is 24.3 Å². The lowest BCUT2D eigenvalue weighted by molar-refractivity contribution is 0.220. The molecule has 0 spiro atoms. The lowest BCUT2D eigenvalue weighted by Gasteiger charge is -2.17. The average molecular weight is 356 g/mol. The molecule has 0 aromatic heterocycles. The van der Waals surface area contributed by atoms with Gasteiger partial charge in [0.2, 0.25) is 0 Å². The summed E-state index contributed by atoms with van der Waals surface area (Å²) in [6.07, 6.45) is -1.03. The van der Waals surface area contributed by atoms with Gasteiger partial charge in [-0.2, -0.15) is 0 Å². The van der Waals surface area contributed by atoms with Gasteiger partial charge in [-0.1, -0.05) is 88.3 Å². The fourth-order valence-electron chi connectivity index (χ4n) is 1.66. The first kappa shape index (κ1) is 15.2. The highest BCUT2D eigenvalue weighted by Crippen LogP contribution is 2.47. The van der Waals surface area contributed by atoms with Gasteiger partial charge in [-0.05, 0) is 5.56 Å². The first-order valence-corrected chi connectivity index (χ1v) is 7.08. The predicted octanol–water partition coefficient (Wildman–Crippen LogP) is 6.04. The zero-order valence-electron chi connectivity index (χ0n) is 9.30. The maximum atomic E-state index is 10.4. The second-order valence-corrected chi connectivity index (χ2v) is 5.69. The first-order chi connectivity index (χ1) is 8.95. The molecule has 19 heavy (non-hydrogen) atoms. The smallest absolute Gasteiger partial charge is 0.107 e. The fourth-order valence-corrected chi connectivity index (χ4v) is 3.02. The Kier molecular flexibility index (Phi) is 4.88. The summed E-state index contributed by atoms with van der Waals surface area (Å²) in [6, 6.07) is 8.90. The van der Waals surface area contributed by atoms with Crippen LogP contribution in [0.25, 0.3) is 0 Å². The molecule has 0 fully saturated rings. The van der Waals surface area contributed by atoms with Crippen LogP contribution in [0.5, 0.6) is 0 Å². The minimum absolute atomic E-state index is 0.0716. The SMILES string of the molecule is O[C@@H](c1ccccc1)c1c(Cl)c(Cl)c(Cl)c(Cl)c1Cl. The molecule has 0 unspecified atom stereocenters. The number of hydrogen-bond donors (Lipinski definition) is 1. The van der Waals surface area contributed by atoms with E-state index < -0.39 is 6.10 Å². The second kappa shape index (κ2) is 6.09. The molecule has 0 radical (unpaired) electrons. The molecule has 0 saturated carbocycles.